The fraction of sp³-hybridized carbons (Fsp3) is 0.625. The first-order valence-electron chi connectivity index (χ1n) is 12.1. The van der Waals surface area contributed by atoms with Crippen LogP contribution >= 0.6 is 11.6 Å². The van der Waals surface area contributed by atoms with Crippen LogP contribution in [0.15, 0.2) is 18.2 Å². The van der Waals surface area contributed by atoms with E-state index in [0.717, 1.165) is 37.5 Å². The topological polar surface area (TPSA) is 93.2 Å². The van der Waals surface area contributed by atoms with Gasteiger partial charge in [0.15, 0.2) is 0 Å². The maximum atomic E-state index is 12.9. The van der Waals surface area contributed by atoms with Gasteiger partial charge in [-0.2, -0.15) is 13.2 Å². The van der Waals surface area contributed by atoms with Crippen LogP contribution in [0.2, 0.25) is 5.02 Å². The maximum Gasteiger partial charge on any atom is 0.417 e. The van der Waals surface area contributed by atoms with E-state index in [-0.39, 0.29) is 42.4 Å². The van der Waals surface area contributed by atoms with Crippen LogP contribution < -0.4 is 5.32 Å². The minimum atomic E-state index is -4.60. The van der Waals surface area contributed by atoms with Crippen molar-refractivity contribution in [1.82, 2.24) is 14.7 Å². The number of piperazine rings is 1. The molecule has 3 aliphatic rings. The number of nitrogens with one attached hydrogen (secondary N) is 1. The van der Waals surface area contributed by atoms with Crippen molar-refractivity contribution in [2.45, 2.75) is 57.3 Å². The largest absolute Gasteiger partial charge is 0.417 e. The number of β-amino-alcohol motifs (C(OH)–C–C–N with tert-alkyl or cyclic N) is 1. The summed E-state index contributed by atoms with van der Waals surface area (Å²) in [6, 6.07) is 1.54. The molecule has 4 amide bonds. The van der Waals surface area contributed by atoms with Crippen LogP contribution in [0.4, 0.5) is 23.7 Å². The van der Waals surface area contributed by atoms with Crippen molar-refractivity contribution in [3.05, 3.63) is 28.8 Å². The molecule has 1 aromatic rings. The highest BCUT2D eigenvalue weighted by Crippen LogP contribution is 2.53. The molecular weight excluding hydrogens is 501 g/mol. The van der Waals surface area contributed by atoms with E-state index in [0.29, 0.717) is 26.1 Å². The zero-order valence-corrected chi connectivity index (χ0v) is 20.7. The molecule has 36 heavy (non-hydrogen) atoms. The summed E-state index contributed by atoms with van der Waals surface area (Å²) in [4.78, 5) is 42.7. The second-order valence-corrected chi connectivity index (χ2v) is 10.3. The molecule has 2 heterocycles. The lowest BCUT2D eigenvalue weighted by Crippen LogP contribution is -2.58. The summed E-state index contributed by atoms with van der Waals surface area (Å²) in [7, 11) is 0. The summed E-state index contributed by atoms with van der Waals surface area (Å²) in [6.07, 6.45) is -1.43. The summed E-state index contributed by atoms with van der Waals surface area (Å²) >= 11 is 5.71. The molecule has 4 rings (SSSR count). The smallest absolute Gasteiger partial charge is 0.391 e. The Labute approximate surface area is 212 Å². The number of nitrogens with zero attached hydrogens (tertiary/aromatic N) is 3. The molecule has 2 atom stereocenters. The zero-order valence-electron chi connectivity index (χ0n) is 20.0. The van der Waals surface area contributed by atoms with Crippen LogP contribution in [0.25, 0.3) is 0 Å². The minimum absolute atomic E-state index is 0.0294. The predicted molar refractivity (Wildman–Crippen MR) is 126 cm³/mol. The summed E-state index contributed by atoms with van der Waals surface area (Å²) in [5, 5.41) is 12.3. The molecule has 1 spiro atoms. The van der Waals surface area contributed by atoms with Crippen LogP contribution in [0.3, 0.4) is 0 Å². The molecule has 1 saturated carbocycles. The van der Waals surface area contributed by atoms with Crippen LogP contribution in [0, 0.1) is 5.41 Å². The number of amides is 4. The van der Waals surface area contributed by atoms with Gasteiger partial charge in [0, 0.05) is 44.8 Å². The molecule has 198 valence electrons. The van der Waals surface area contributed by atoms with Gasteiger partial charge in [0.05, 0.1) is 16.7 Å². The van der Waals surface area contributed by atoms with Crippen LogP contribution in [0.1, 0.15) is 44.6 Å². The predicted octanol–water partition coefficient (Wildman–Crippen LogP) is 3.58. The number of rotatable bonds is 5. The van der Waals surface area contributed by atoms with Gasteiger partial charge < -0.3 is 25.1 Å². The third-order valence-electron chi connectivity index (χ3n) is 7.58. The number of carbonyl (C=O) groups excluding carboxylic acids is 3. The number of halogens is 4. The van der Waals surface area contributed by atoms with Crippen molar-refractivity contribution in [2.24, 2.45) is 5.41 Å². The highest BCUT2D eigenvalue weighted by molar-refractivity contribution is 6.31. The number of piperidine rings is 1. The second-order valence-electron chi connectivity index (χ2n) is 9.89. The average Bonchev–Trinajstić information content (AvgIpc) is 3.58. The summed E-state index contributed by atoms with van der Waals surface area (Å²) in [5.74, 6) is -0.295. The molecule has 12 heteroatoms. The minimum Gasteiger partial charge on any atom is -0.391 e. The molecule has 2 unspecified atom stereocenters. The van der Waals surface area contributed by atoms with E-state index in [9.17, 15) is 32.7 Å². The van der Waals surface area contributed by atoms with Crippen molar-refractivity contribution < 1.29 is 32.7 Å². The Balaban J connectivity index is 1.24. The molecule has 3 fully saturated rings. The van der Waals surface area contributed by atoms with Crippen LogP contribution in [0.5, 0.6) is 0 Å². The monoisotopic (exact) mass is 530 g/mol. The van der Waals surface area contributed by atoms with Gasteiger partial charge in [-0.15, -0.1) is 0 Å². The molecule has 0 radical (unpaired) electrons. The Hall–Kier alpha value is -2.53. The normalized spacial score (nSPS) is 23.7. The number of likely N-dealkylation sites (tertiary alicyclic amines) is 1. The van der Waals surface area contributed by atoms with Crippen molar-refractivity contribution in [1.29, 1.82) is 0 Å². The number of hydrogen-bond donors (Lipinski definition) is 2. The summed E-state index contributed by atoms with van der Waals surface area (Å²) < 4.78 is 38.7. The number of anilines is 1. The van der Waals surface area contributed by atoms with Gasteiger partial charge in [-0.05, 0) is 56.2 Å². The highest BCUT2D eigenvalue weighted by atomic mass is 35.5. The number of hydrogen-bond acceptors (Lipinski definition) is 4. The van der Waals surface area contributed by atoms with E-state index in [1.54, 1.807) is 16.7 Å². The van der Waals surface area contributed by atoms with Gasteiger partial charge in [-0.25, -0.2) is 4.79 Å². The fourth-order valence-electron chi connectivity index (χ4n) is 5.01. The van der Waals surface area contributed by atoms with E-state index in [2.05, 4.69) is 5.32 Å². The molecule has 1 aromatic carbocycles. The van der Waals surface area contributed by atoms with Crippen LogP contribution in [-0.4, -0.2) is 82.5 Å². The lowest BCUT2D eigenvalue weighted by molar-refractivity contribution is -0.140. The van der Waals surface area contributed by atoms with E-state index in [1.165, 1.54) is 4.90 Å². The number of urea groups is 1. The lowest BCUT2D eigenvalue weighted by Gasteiger charge is -2.39. The first-order chi connectivity index (χ1) is 16.9. The number of alkyl halides is 3. The molecule has 8 nitrogen and oxygen atoms in total. The van der Waals surface area contributed by atoms with Gasteiger partial charge in [-0.1, -0.05) is 11.6 Å². The maximum absolute atomic E-state index is 12.9. The summed E-state index contributed by atoms with van der Waals surface area (Å²) in [5.41, 5.74) is -0.875. The van der Waals surface area contributed by atoms with Crippen molar-refractivity contribution in [3.8, 4) is 0 Å². The second kappa shape index (κ2) is 10.1. The quantitative estimate of drug-likeness (QED) is 0.608. The molecule has 2 saturated heterocycles. The Morgan fingerprint density at radius 2 is 1.92 bits per heavy atom. The van der Waals surface area contributed by atoms with Crippen molar-refractivity contribution in [2.75, 3.05) is 38.0 Å². The standard InChI is InChI=1S/C24H30ClF3N4O4/c1-15-21(35)30(9-2-3-20(34)31-10-8-23(6-7-23)19(33)14-31)11-12-32(15)22(36)29-16-4-5-17(18(25)13-16)24(26,27)28/h4-5,13,15,19,33H,2-3,6-12,14H2,1H3,(H,29,36). The molecule has 1 aliphatic carbocycles. The van der Waals surface area contributed by atoms with Gasteiger partial charge in [0.1, 0.15) is 6.04 Å². The molecule has 0 bridgehead atoms. The Morgan fingerprint density at radius 3 is 2.53 bits per heavy atom. The Bertz CT molecular complexity index is 1030. The molecule has 2 aliphatic heterocycles. The molecule has 0 aromatic heterocycles. The van der Waals surface area contributed by atoms with Crippen molar-refractivity contribution in [3.63, 3.8) is 0 Å². The number of aliphatic hydroxyl groups excluding tert-OH is 1. The SMILES string of the molecule is CC1C(=O)N(CCCC(=O)N2CCC3(CC3)C(O)C2)CCN1C(=O)Nc1ccc(C(F)(F)F)c(Cl)c1. The van der Waals surface area contributed by atoms with E-state index in [1.807, 2.05) is 0 Å². The third kappa shape index (κ3) is 5.56. The lowest BCUT2D eigenvalue weighted by atomic mass is 9.90. The molecular formula is C24H30ClF3N4O4. The van der Waals surface area contributed by atoms with Gasteiger partial charge in [-0.3, -0.25) is 9.59 Å². The van der Waals surface area contributed by atoms with Gasteiger partial charge in [0.2, 0.25) is 11.8 Å². The number of benzene rings is 1. The number of carbonyl (C=O) groups is 3. The fourth-order valence-corrected chi connectivity index (χ4v) is 5.30. The zero-order chi connectivity index (χ0) is 26.3. The highest BCUT2D eigenvalue weighted by Gasteiger charge is 2.51. The molecule has 2 N–H and O–H groups in total. The average molecular weight is 531 g/mol. The van der Waals surface area contributed by atoms with E-state index in [4.69, 9.17) is 11.6 Å². The number of aliphatic hydroxyl groups is 1. The first-order valence-corrected chi connectivity index (χ1v) is 12.5. The first kappa shape index (κ1) is 26.5. The van der Waals surface area contributed by atoms with Gasteiger partial charge in [0.25, 0.3) is 0 Å². The van der Waals surface area contributed by atoms with Crippen molar-refractivity contribution >= 4 is 35.1 Å². The Morgan fingerprint density at radius 1 is 1.19 bits per heavy atom. The van der Waals surface area contributed by atoms with Crippen LogP contribution in [-0.2, 0) is 15.8 Å². The van der Waals surface area contributed by atoms with E-state index < -0.39 is 34.9 Å². The van der Waals surface area contributed by atoms with E-state index >= 15 is 0 Å². The summed E-state index contributed by atoms with van der Waals surface area (Å²) in [6.45, 7) is 3.50. The van der Waals surface area contributed by atoms with Gasteiger partial charge >= 0.3 is 12.2 Å². The Kier molecular flexibility index (Phi) is 7.43. The third-order valence-corrected chi connectivity index (χ3v) is 7.89.